The molecule has 1 aliphatic rings. The predicted molar refractivity (Wildman–Crippen MR) is 42.5 cm³/mol. The zero-order valence-corrected chi connectivity index (χ0v) is 6.80. The highest BCUT2D eigenvalue weighted by molar-refractivity contribution is 7.99. The molecule has 4 nitrogen and oxygen atoms in total. The normalized spacial score (nSPS) is 13.7. The number of thioether (sulfide) groups is 1. The van der Waals surface area contributed by atoms with Crippen LogP contribution in [0.2, 0.25) is 0 Å². The third-order valence-corrected chi connectivity index (χ3v) is 2.35. The van der Waals surface area contributed by atoms with E-state index in [1.807, 2.05) is 0 Å². The van der Waals surface area contributed by atoms with Gasteiger partial charge in [-0.3, -0.25) is 0 Å². The topological polar surface area (TPSA) is 59.4 Å². The molecule has 1 aliphatic heterocycles. The molecule has 1 aromatic heterocycles. The molecule has 2 heterocycles. The molecule has 5 heteroatoms. The molecular formula is C7H5NO3S. The van der Waals surface area contributed by atoms with Crippen LogP contribution in [0.1, 0.15) is 10.5 Å². The van der Waals surface area contributed by atoms with Gasteiger partial charge in [0, 0.05) is 0 Å². The summed E-state index contributed by atoms with van der Waals surface area (Å²) in [6, 6.07) is 1.52. The van der Waals surface area contributed by atoms with Crippen LogP contribution in [0.5, 0.6) is 5.75 Å². The Kier molecular flexibility index (Phi) is 1.65. The van der Waals surface area contributed by atoms with Crippen molar-refractivity contribution < 1.29 is 14.6 Å². The summed E-state index contributed by atoms with van der Waals surface area (Å²) >= 11 is 1.47. The Morgan fingerprint density at radius 1 is 1.75 bits per heavy atom. The zero-order valence-electron chi connectivity index (χ0n) is 5.98. The minimum Gasteiger partial charge on any atom is -0.480 e. The third kappa shape index (κ3) is 1.12. The molecule has 0 aliphatic carbocycles. The van der Waals surface area contributed by atoms with Gasteiger partial charge in [0.25, 0.3) is 0 Å². The second-order valence-electron chi connectivity index (χ2n) is 2.23. The lowest BCUT2D eigenvalue weighted by atomic mass is 10.3. The van der Waals surface area contributed by atoms with E-state index in [1.54, 1.807) is 0 Å². The number of ether oxygens (including phenoxy) is 1. The smallest absolute Gasteiger partial charge is 0.354 e. The molecule has 62 valence electrons. The van der Waals surface area contributed by atoms with Crippen LogP contribution < -0.4 is 4.74 Å². The van der Waals surface area contributed by atoms with E-state index in [2.05, 4.69) is 4.98 Å². The molecule has 0 saturated heterocycles. The maximum absolute atomic E-state index is 10.5. The number of fused-ring (bicyclic) bond motifs is 1. The minimum absolute atomic E-state index is 0.0618. The van der Waals surface area contributed by atoms with Gasteiger partial charge in [0.05, 0.1) is 11.1 Å². The molecule has 1 N–H and O–H groups in total. The Bertz CT molecular complexity index is 339. The molecule has 0 bridgehead atoms. The maximum Gasteiger partial charge on any atom is 0.354 e. The first-order valence-electron chi connectivity index (χ1n) is 3.26. The van der Waals surface area contributed by atoms with Crippen LogP contribution in [0, 0.1) is 0 Å². The average Bonchev–Trinajstić information content (AvgIpc) is 2.49. The summed E-state index contributed by atoms with van der Waals surface area (Å²) < 4.78 is 5.14. The van der Waals surface area contributed by atoms with Crippen LogP contribution in [-0.4, -0.2) is 22.0 Å². The molecule has 12 heavy (non-hydrogen) atoms. The predicted octanol–water partition coefficient (Wildman–Crippen LogP) is 1.22. The van der Waals surface area contributed by atoms with Crippen LogP contribution in [0.25, 0.3) is 0 Å². The van der Waals surface area contributed by atoms with Crippen molar-refractivity contribution in [3.05, 3.63) is 18.0 Å². The lowest BCUT2D eigenvalue weighted by molar-refractivity contribution is 0.0690. The highest BCUT2D eigenvalue weighted by Crippen LogP contribution is 2.35. The van der Waals surface area contributed by atoms with Gasteiger partial charge in [-0.25, -0.2) is 9.78 Å². The van der Waals surface area contributed by atoms with Crippen LogP contribution in [-0.2, 0) is 0 Å². The van der Waals surface area contributed by atoms with E-state index in [-0.39, 0.29) is 5.69 Å². The van der Waals surface area contributed by atoms with Gasteiger partial charge in [-0.2, -0.15) is 0 Å². The maximum atomic E-state index is 10.5. The number of hydrogen-bond acceptors (Lipinski definition) is 4. The van der Waals surface area contributed by atoms with Gasteiger partial charge >= 0.3 is 5.97 Å². The zero-order chi connectivity index (χ0) is 8.55. The van der Waals surface area contributed by atoms with Crippen LogP contribution in [0.4, 0.5) is 0 Å². The second kappa shape index (κ2) is 2.67. The number of carboxylic acid groups (broad SMARTS) is 1. The van der Waals surface area contributed by atoms with E-state index >= 15 is 0 Å². The van der Waals surface area contributed by atoms with Crippen molar-refractivity contribution in [2.24, 2.45) is 0 Å². The first-order valence-corrected chi connectivity index (χ1v) is 4.25. The Hall–Kier alpha value is -1.23. The Labute approximate surface area is 72.6 Å². The van der Waals surface area contributed by atoms with Gasteiger partial charge in [-0.1, -0.05) is 11.8 Å². The van der Waals surface area contributed by atoms with Gasteiger partial charge in [-0.05, 0) is 6.07 Å². The number of nitrogens with zero attached hydrogens (tertiary/aromatic N) is 1. The van der Waals surface area contributed by atoms with Gasteiger partial charge in [0.15, 0.2) is 5.75 Å². The molecule has 0 atom stereocenters. The first kappa shape index (κ1) is 7.42. The van der Waals surface area contributed by atoms with Crippen LogP contribution in [0.15, 0.2) is 17.2 Å². The number of carboxylic acids is 1. The highest BCUT2D eigenvalue weighted by Gasteiger charge is 2.15. The number of aromatic carboxylic acids is 1. The van der Waals surface area contributed by atoms with Crippen molar-refractivity contribution in [3.63, 3.8) is 0 Å². The fourth-order valence-electron chi connectivity index (χ4n) is 0.919. The quantitative estimate of drug-likeness (QED) is 0.709. The molecule has 2 rings (SSSR count). The summed E-state index contributed by atoms with van der Waals surface area (Å²) in [6.07, 6.45) is 1.44. The number of aromatic nitrogens is 1. The fourth-order valence-corrected chi connectivity index (χ4v) is 1.68. The number of rotatable bonds is 1. The largest absolute Gasteiger partial charge is 0.480 e. The first-order chi connectivity index (χ1) is 5.77. The number of carbonyl (C=O) groups is 1. The SMILES string of the molecule is O=C(O)c1cc2c(cn1)OCS2. The van der Waals surface area contributed by atoms with Crippen molar-refractivity contribution in [3.8, 4) is 5.75 Å². The lowest BCUT2D eigenvalue weighted by Gasteiger charge is -1.96. The van der Waals surface area contributed by atoms with Gasteiger partial charge in [0.2, 0.25) is 0 Å². The van der Waals surface area contributed by atoms with Crippen molar-refractivity contribution in [1.29, 1.82) is 0 Å². The second-order valence-corrected chi connectivity index (χ2v) is 3.19. The summed E-state index contributed by atoms with van der Waals surface area (Å²) in [4.78, 5) is 15.0. The van der Waals surface area contributed by atoms with Gasteiger partial charge in [0.1, 0.15) is 11.6 Å². The van der Waals surface area contributed by atoms with Gasteiger partial charge < -0.3 is 9.84 Å². The van der Waals surface area contributed by atoms with E-state index < -0.39 is 5.97 Å². The molecular weight excluding hydrogens is 178 g/mol. The lowest BCUT2D eigenvalue weighted by Crippen LogP contribution is -1.99. The van der Waals surface area contributed by atoms with E-state index in [0.717, 1.165) is 4.90 Å². The van der Waals surface area contributed by atoms with Gasteiger partial charge in [-0.15, -0.1) is 0 Å². The summed E-state index contributed by atoms with van der Waals surface area (Å²) in [6.45, 7) is 0. The molecule has 1 aromatic rings. The van der Waals surface area contributed by atoms with Crippen molar-refractivity contribution >= 4 is 17.7 Å². The standard InChI is InChI=1S/C7H5NO3S/c9-7(10)4-1-6-5(2-8-4)11-3-12-6/h1-2H,3H2,(H,9,10). The van der Waals surface area contributed by atoms with E-state index in [4.69, 9.17) is 9.84 Å². The molecule has 0 amide bonds. The van der Waals surface area contributed by atoms with E-state index in [0.29, 0.717) is 11.7 Å². The van der Waals surface area contributed by atoms with Crippen molar-refractivity contribution in [1.82, 2.24) is 4.98 Å². The molecule has 0 aromatic carbocycles. The number of hydrogen-bond donors (Lipinski definition) is 1. The fraction of sp³-hybridized carbons (Fsp3) is 0.143. The number of pyridine rings is 1. The Balaban J connectivity index is 2.45. The molecule has 0 fully saturated rings. The third-order valence-electron chi connectivity index (χ3n) is 1.48. The van der Waals surface area contributed by atoms with E-state index in [1.165, 1.54) is 24.0 Å². The Morgan fingerprint density at radius 2 is 2.58 bits per heavy atom. The summed E-state index contributed by atoms with van der Waals surface area (Å²) in [7, 11) is 0. The minimum atomic E-state index is -1.01. The summed E-state index contributed by atoms with van der Waals surface area (Å²) in [5, 5.41) is 8.60. The molecule has 0 spiro atoms. The van der Waals surface area contributed by atoms with Crippen molar-refractivity contribution in [2.45, 2.75) is 4.90 Å². The van der Waals surface area contributed by atoms with Crippen LogP contribution in [0.3, 0.4) is 0 Å². The monoisotopic (exact) mass is 183 g/mol. The average molecular weight is 183 g/mol. The van der Waals surface area contributed by atoms with Crippen molar-refractivity contribution in [2.75, 3.05) is 5.94 Å². The summed E-state index contributed by atoms with van der Waals surface area (Å²) in [5.74, 6) is 0.204. The molecule has 0 saturated carbocycles. The summed E-state index contributed by atoms with van der Waals surface area (Å²) in [5.41, 5.74) is 0.0618. The Morgan fingerprint density at radius 3 is 3.33 bits per heavy atom. The molecule has 0 radical (unpaired) electrons. The van der Waals surface area contributed by atoms with Crippen LogP contribution >= 0.6 is 11.8 Å². The highest BCUT2D eigenvalue weighted by atomic mass is 32.2. The molecule has 0 unspecified atom stereocenters. The van der Waals surface area contributed by atoms with E-state index in [9.17, 15) is 4.79 Å².